The minimum Gasteiger partial charge on any atom is -0.308 e. The smallest absolute Gasteiger partial charge is 0.135 e. The van der Waals surface area contributed by atoms with Gasteiger partial charge in [-0.3, -0.25) is 0 Å². The Labute approximate surface area is 114 Å². The van der Waals surface area contributed by atoms with Crippen LogP contribution < -0.4 is 5.32 Å². The number of nitrogens with zero attached hydrogens (tertiary/aromatic N) is 1. The Morgan fingerprint density at radius 2 is 2.00 bits per heavy atom. The summed E-state index contributed by atoms with van der Waals surface area (Å²) < 4.78 is 27.4. The van der Waals surface area contributed by atoms with Crippen molar-refractivity contribution in [1.29, 1.82) is 0 Å². The van der Waals surface area contributed by atoms with Crippen LogP contribution in [-0.4, -0.2) is 11.5 Å². The van der Waals surface area contributed by atoms with E-state index in [9.17, 15) is 8.78 Å². The molecule has 5 heteroatoms. The van der Waals surface area contributed by atoms with E-state index in [4.69, 9.17) is 0 Å². The average molecular weight is 280 g/mol. The zero-order chi connectivity index (χ0) is 13.2. The van der Waals surface area contributed by atoms with Crippen LogP contribution in [0.25, 0.3) is 11.3 Å². The number of halogens is 2. The van der Waals surface area contributed by atoms with Gasteiger partial charge in [0.1, 0.15) is 16.6 Å². The van der Waals surface area contributed by atoms with Gasteiger partial charge >= 0.3 is 0 Å². The molecule has 1 aromatic carbocycles. The summed E-state index contributed by atoms with van der Waals surface area (Å²) in [5, 5.41) is 6.03. The molecule has 0 bridgehead atoms. The number of rotatable bonds is 2. The van der Waals surface area contributed by atoms with Gasteiger partial charge in [0.25, 0.3) is 0 Å². The van der Waals surface area contributed by atoms with Gasteiger partial charge in [0, 0.05) is 5.38 Å². The molecule has 1 N–H and O–H groups in total. The highest BCUT2D eigenvalue weighted by atomic mass is 32.1. The fourth-order valence-electron chi connectivity index (χ4n) is 2.37. The Kier molecular flexibility index (Phi) is 3.57. The number of hydrogen-bond donors (Lipinski definition) is 1. The molecular weight excluding hydrogens is 266 g/mol. The maximum absolute atomic E-state index is 13.7. The van der Waals surface area contributed by atoms with Gasteiger partial charge in [-0.25, -0.2) is 13.8 Å². The number of aromatic nitrogens is 1. The van der Waals surface area contributed by atoms with E-state index in [-0.39, 0.29) is 11.6 Å². The van der Waals surface area contributed by atoms with Crippen LogP contribution in [0, 0.1) is 11.6 Å². The maximum atomic E-state index is 13.7. The zero-order valence-corrected chi connectivity index (χ0v) is 11.1. The largest absolute Gasteiger partial charge is 0.308 e. The normalized spacial score (nSPS) is 19.6. The van der Waals surface area contributed by atoms with Crippen molar-refractivity contribution in [3.05, 3.63) is 40.2 Å². The summed E-state index contributed by atoms with van der Waals surface area (Å²) in [5.41, 5.74) is 0.365. The van der Waals surface area contributed by atoms with Crippen LogP contribution in [0.2, 0.25) is 0 Å². The Bertz CT molecular complexity index is 556. The molecule has 0 amide bonds. The van der Waals surface area contributed by atoms with Crippen molar-refractivity contribution < 1.29 is 8.78 Å². The van der Waals surface area contributed by atoms with Crippen LogP contribution in [0.5, 0.6) is 0 Å². The second-order valence-electron chi connectivity index (χ2n) is 4.67. The first-order valence-corrected chi connectivity index (χ1v) is 7.27. The summed E-state index contributed by atoms with van der Waals surface area (Å²) in [6.45, 7) is 0.980. The molecule has 0 saturated carbocycles. The number of benzene rings is 1. The first kappa shape index (κ1) is 12.7. The van der Waals surface area contributed by atoms with E-state index in [1.807, 2.05) is 0 Å². The van der Waals surface area contributed by atoms with Crippen molar-refractivity contribution in [3.63, 3.8) is 0 Å². The summed E-state index contributed by atoms with van der Waals surface area (Å²) in [4.78, 5) is 4.40. The molecule has 1 atom stereocenters. The van der Waals surface area contributed by atoms with Crippen LogP contribution in [0.15, 0.2) is 23.6 Å². The molecule has 19 heavy (non-hydrogen) atoms. The molecule has 2 heterocycles. The van der Waals surface area contributed by atoms with Gasteiger partial charge in [-0.15, -0.1) is 11.3 Å². The predicted octanol–water partition coefficient (Wildman–Crippen LogP) is 3.90. The number of hydrogen-bond acceptors (Lipinski definition) is 3. The highest BCUT2D eigenvalue weighted by Crippen LogP contribution is 2.31. The van der Waals surface area contributed by atoms with Crippen LogP contribution in [0.4, 0.5) is 8.78 Å². The van der Waals surface area contributed by atoms with Gasteiger partial charge in [-0.05, 0) is 31.5 Å². The molecule has 1 saturated heterocycles. The van der Waals surface area contributed by atoms with Gasteiger partial charge in [-0.2, -0.15) is 0 Å². The van der Waals surface area contributed by atoms with Gasteiger partial charge in [0.05, 0.1) is 17.3 Å². The molecular formula is C14H14F2N2S. The molecule has 1 aromatic heterocycles. The number of thiazole rings is 1. The third-order valence-electron chi connectivity index (χ3n) is 3.35. The summed E-state index contributed by atoms with van der Waals surface area (Å²) in [5.74, 6) is -1.12. The van der Waals surface area contributed by atoms with Crippen LogP contribution in [0.1, 0.15) is 30.3 Å². The number of piperidine rings is 1. The van der Waals surface area contributed by atoms with E-state index in [1.165, 1.54) is 42.4 Å². The highest BCUT2D eigenvalue weighted by molar-refractivity contribution is 7.10. The highest BCUT2D eigenvalue weighted by Gasteiger charge is 2.20. The summed E-state index contributed by atoms with van der Waals surface area (Å²) in [6, 6.07) is 4.11. The van der Waals surface area contributed by atoms with Crippen LogP contribution >= 0.6 is 11.3 Å². The van der Waals surface area contributed by atoms with Crippen LogP contribution in [0.3, 0.4) is 0 Å². The fraction of sp³-hybridized carbons (Fsp3) is 0.357. The van der Waals surface area contributed by atoms with E-state index in [0.717, 1.165) is 18.0 Å². The van der Waals surface area contributed by atoms with Gasteiger partial charge in [0.15, 0.2) is 0 Å². The summed E-state index contributed by atoms with van der Waals surface area (Å²) in [6.07, 6.45) is 3.38. The second kappa shape index (κ2) is 5.35. The van der Waals surface area contributed by atoms with Gasteiger partial charge in [-0.1, -0.05) is 12.5 Å². The van der Waals surface area contributed by atoms with Crippen molar-refractivity contribution in [3.8, 4) is 11.3 Å². The third-order valence-corrected chi connectivity index (χ3v) is 4.31. The second-order valence-corrected chi connectivity index (χ2v) is 5.56. The molecule has 1 unspecified atom stereocenters. The molecule has 1 aliphatic heterocycles. The molecule has 0 aliphatic carbocycles. The Balaban J connectivity index is 1.92. The van der Waals surface area contributed by atoms with E-state index < -0.39 is 11.6 Å². The summed E-state index contributed by atoms with van der Waals surface area (Å²) >= 11 is 1.46. The van der Waals surface area contributed by atoms with Crippen molar-refractivity contribution in [1.82, 2.24) is 10.3 Å². The zero-order valence-electron chi connectivity index (χ0n) is 10.3. The standard InChI is InChI=1S/C14H14F2N2S/c15-9-4-3-5-10(16)13(9)12-8-19-14(18-12)11-6-1-2-7-17-11/h3-5,8,11,17H,1-2,6-7H2. The minimum atomic E-state index is -0.562. The van der Waals surface area contributed by atoms with Gasteiger partial charge in [0.2, 0.25) is 0 Å². The quantitative estimate of drug-likeness (QED) is 0.902. The molecule has 3 rings (SSSR count). The Hall–Kier alpha value is -1.33. The first-order chi connectivity index (χ1) is 9.25. The average Bonchev–Trinajstić information content (AvgIpc) is 2.89. The minimum absolute atomic E-state index is 0.0270. The lowest BCUT2D eigenvalue weighted by Gasteiger charge is -2.21. The molecule has 1 aliphatic rings. The van der Waals surface area contributed by atoms with Crippen molar-refractivity contribution in [2.45, 2.75) is 25.3 Å². The first-order valence-electron chi connectivity index (χ1n) is 6.39. The predicted molar refractivity (Wildman–Crippen MR) is 72.1 cm³/mol. The SMILES string of the molecule is Fc1cccc(F)c1-c1csc(C2CCCCN2)n1. The Morgan fingerprint density at radius 1 is 1.21 bits per heavy atom. The van der Waals surface area contributed by atoms with Gasteiger partial charge < -0.3 is 5.32 Å². The molecule has 0 radical (unpaired) electrons. The van der Waals surface area contributed by atoms with E-state index >= 15 is 0 Å². The monoisotopic (exact) mass is 280 g/mol. The summed E-state index contributed by atoms with van der Waals surface area (Å²) in [7, 11) is 0. The lowest BCUT2D eigenvalue weighted by molar-refractivity contribution is 0.411. The van der Waals surface area contributed by atoms with Crippen molar-refractivity contribution in [2.24, 2.45) is 0 Å². The van der Waals surface area contributed by atoms with Crippen LogP contribution in [-0.2, 0) is 0 Å². The van der Waals surface area contributed by atoms with E-state index in [0.29, 0.717) is 5.69 Å². The molecule has 2 nitrogen and oxygen atoms in total. The Morgan fingerprint density at radius 3 is 2.68 bits per heavy atom. The number of nitrogens with one attached hydrogen (secondary N) is 1. The molecule has 0 spiro atoms. The van der Waals surface area contributed by atoms with Crippen molar-refractivity contribution >= 4 is 11.3 Å². The van der Waals surface area contributed by atoms with E-state index in [1.54, 1.807) is 5.38 Å². The van der Waals surface area contributed by atoms with E-state index in [2.05, 4.69) is 10.3 Å². The van der Waals surface area contributed by atoms with Crippen molar-refractivity contribution in [2.75, 3.05) is 6.54 Å². The topological polar surface area (TPSA) is 24.9 Å². The molecule has 2 aromatic rings. The lowest BCUT2D eigenvalue weighted by Crippen LogP contribution is -2.26. The molecule has 100 valence electrons. The molecule has 1 fully saturated rings. The lowest BCUT2D eigenvalue weighted by atomic mass is 10.1. The maximum Gasteiger partial charge on any atom is 0.135 e. The fourth-order valence-corrected chi connectivity index (χ4v) is 3.29. The third kappa shape index (κ3) is 2.53.